The molecule has 0 fully saturated rings. The second kappa shape index (κ2) is 54.2. The summed E-state index contributed by atoms with van der Waals surface area (Å²) in [6.45, 7) is 6.38. The predicted octanol–water partition coefficient (Wildman–Crippen LogP) is 17.7. The van der Waals surface area contributed by atoms with Gasteiger partial charge in [-0.15, -0.1) is 0 Å². The molecule has 0 aromatic carbocycles. The van der Waals surface area contributed by atoms with Gasteiger partial charge >= 0.3 is 5.97 Å². The van der Waals surface area contributed by atoms with Crippen molar-refractivity contribution >= 4 is 11.9 Å². The number of hydrogen-bond donors (Lipinski definition) is 3. The fourth-order valence-corrected chi connectivity index (χ4v) is 8.45. The van der Waals surface area contributed by atoms with Crippen LogP contribution in [0, 0.1) is 0 Å². The van der Waals surface area contributed by atoms with Gasteiger partial charge in [0.15, 0.2) is 0 Å². The minimum absolute atomic E-state index is 0.0520. The zero-order chi connectivity index (χ0) is 48.8. The molecule has 6 nitrogen and oxygen atoms in total. The number of aliphatic hydroxyl groups excluding tert-OH is 2. The number of ether oxygens (including phenoxy) is 1. The zero-order valence-electron chi connectivity index (χ0n) is 44.3. The van der Waals surface area contributed by atoms with Gasteiger partial charge in [0.25, 0.3) is 0 Å². The fourth-order valence-electron chi connectivity index (χ4n) is 8.45. The lowest BCUT2D eigenvalue weighted by Crippen LogP contribution is -2.46. The van der Waals surface area contributed by atoms with E-state index in [9.17, 15) is 19.8 Å². The highest BCUT2D eigenvalue weighted by Crippen LogP contribution is 2.18. The lowest BCUT2D eigenvalue weighted by atomic mass is 10.0. The molecule has 0 spiro atoms. The molecule has 0 bridgehead atoms. The number of carbonyl (C=O) groups is 2. The molecule has 388 valence electrons. The second-order valence-corrected chi connectivity index (χ2v) is 19.3. The molecule has 3 atom stereocenters. The highest BCUT2D eigenvalue weighted by molar-refractivity contribution is 5.77. The first-order valence-corrected chi connectivity index (χ1v) is 28.7. The van der Waals surface area contributed by atoms with Crippen molar-refractivity contribution in [1.82, 2.24) is 5.32 Å². The van der Waals surface area contributed by atoms with Crippen molar-refractivity contribution in [2.45, 2.75) is 296 Å². The van der Waals surface area contributed by atoms with Crippen LogP contribution in [0.15, 0.2) is 72.9 Å². The molecule has 0 aliphatic rings. The Hall–Kier alpha value is -2.70. The number of allylic oxidation sites excluding steroid dienone is 12. The van der Waals surface area contributed by atoms with E-state index in [0.717, 1.165) is 109 Å². The van der Waals surface area contributed by atoms with E-state index in [2.05, 4.69) is 99.0 Å². The number of aliphatic hydroxyl groups is 2. The molecule has 0 saturated carbocycles. The molecular weight excluding hydrogens is 827 g/mol. The first-order valence-electron chi connectivity index (χ1n) is 28.7. The van der Waals surface area contributed by atoms with Crippen molar-refractivity contribution in [2.75, 3.05) is 6.61 Å². The van der Waals surface area contributed by atoms with Gasteiger partial charge in [-0.05, 0) is 96.3 Å². The number of nitrogens with one attached hydrogen (secondary N) is 1. The van der Waals surface area contributed by atoms with Crippen molar-refractivity contribution in [2.24, 2.45) is 0 Å². The van der Waals surface area contributed by atoms with Crippen molar-refractivity contribution in [3.05, 3.63) is 72.9 Å². The van der Waals surface area contributed by atoms with Crippen LogP contribution >= 0.6 is 0 Å². The maximum Gasteiger partial charge on any atom is 0.306 e. The fraction of sp³-hybridized carbons (Fsp3) is 0.770. The summed E-state index contributed by atoms with van der Waals surface area (Å²) in [7, 11) is 0. The molecule has 0 radical (unpaired) electrons. The number of amides is 1. The van der Waals surface area contributed by atoms with E-state index in [-0.39, 0.29) is 24.9 Å². The van der Waals surface area contributed by atoms with Crippen LogP contribution in [0.2, 0.25) is 0 Å². The normalized spacial score (nSPS) is 13.7. The van der Waals surface area contributed by atoms with Gasteiger partial charge in [-0.25, -0.2) is 0 Å². The van der Waals surface area contributed by atoms with Gasteiger partial charge in [0.05, 0.1) is 25.2 Å². The molecule has 0 aromatic rings. The van der Waals surface area contributed by atoms with Crippen molar-refractivity contribution < 1.29 is 24.5 Å². The molecule has 1 amide bonds. The molecule has 3 unspecified atom stereocenters. The number of esters is 1. The van der Waals surface area contributed by atoms with Crippen molar-refractivity contribution in [3.63, 3.8) is 0 Å². The van der Waals surface area contributed by atoms with Crippen LogP contribution in [0.4, 0.5) is 0 Å². The molecule has 67 heavy (non-hydrogen) atoms. The smallest absolute Gasteiger partial charge is 0.306 e. The monoisotopic (exact) mass is 936 g/mol. The summed E-state index contributed by atoms with van der Waals surface area (Å²) in [5.74, 6) is -0.522. The molecule has 0 aliphatic carbocycles. The number of rotatable bonds is 51. The number of hydrogen-bond acceptors (Lipinski definition) is 5. The highest BCUT2D eigenvalue weighted by atomic mass is 16.5. The molecule has 0 aliphatic heterocycles. The molecule has 3 N–H and O–H groups in total. The first-order chi connectivity index (χ1) is 33.0. The lowest BCUT2D eigenvalue weighted by molar-refractivity contribution is -0.151. The van der Waals surface area contributed by atoms with E-state index in [1.807, 2.05) is 0 Å². The van der Waals surface area contributed by atoms with Crippen LogP contribution in [-0.4, -0.2) is 46.9 Å². The van der Waals surface area contributed by atoms with Crippen LogP contribution in [0.5, 0.6) is 0 Å². The standard InChI is InChI=1S/C61H109NO5/c1-4-7-10-13-16-19-22-25-27-29-30-31-33-36-39-42-45-48-51-54-61(66)67-57(52-49-46-43-40-37-35-32-28-26-23-20-17-14-11-8-5-2)55-60(65)62-58(56-63)59(64)53-50-47-44-41-38-34-24-21-18-15-12-9-6-3/h7,10,16,19,25,27,30-31,35-37,39,57-59,63-64H,4-6,8-9,11-15,17-18,20-24,26,28-29,32-34,38,40-56H2,1-3H3,(H,62,65)/b10-7-,19-16-,27-25-,31-30-,37-35+,39-36-. The molecule has 0 rings (SSSR count). The summed E-state index contributed by atoms with van der Waals surface area (Å²) < 4.78 is 5.94. The summed E-state index contributed by atoms with van der Waals surface area (Å²) in [4.78, 5) is 26.3. The molecule has 0 aromatic heterocycles. The molecule has 6 heteroatoms. The zero-order valence-corrected chi connectivity index (χ0v) is 44.3. The van der Waals surface area contributed by atoms with Crippen LogP contribution < -0.4 is 5.32 Å². The summed E-state index contributed by atoms with van der Waals surface area (Å²) in [6.07, 6.45) is 69.6. The number of unbranched alkanes of at least 4 members (excludes halogenated alkanes) is 27. The van der Waals surface area contributed by atoms with Crippen molar-refractivity contribution in [1.29, 1.82) is 0 Å². The SMILES string of the molecule is CC/C=C\C/C=C\C/C=C\C/C=C\C/C=C\CCCCCC(=O)OC(CCCCC/C=C/CCCCCCCCCCC)CC(=O)NC(CO)C(O)CCCCCCCCCCCCCCC. The van der Waals surface area contributed by atoms with Gasteiger partial charge in [0.2, 0.25) is 5.91 Å². The maximum atomic E-state index is 13.3. The minimum atomic E-state index is -0.800. The Morgan fingerprint density at radius 2 is 0.806 bits per heavy atom. The third-order valence-electron chi connectivity index (χ3n) is 12.8. The molecule has 0 heterocycles. The van der Waals surface area contributed by atoms with Gasteiger partial charge < -0.3 is 20.3 Å². The van der Waals surface area contributed by atoms with Crippen LogP contribution in [0.3, 0.4) is 0 Å². The summed E-state index contributed by atoms with van der Waals surface area (Å²) >= 11 is 0. The van der Waals surface area contributed by atoms with Crippen molar-refractivity contribution in [3.8, 4) is 0 Å². The summed E-state index contributed by atoms with van der Waals surface area (Å²) in [5, 5.41) is 23.8. The Balaban J connectivity index is 4.65. The summed E-state index contributed by atoms with van der Waals surface area (Å²) in [5.41, 5.74) is 0. The minimum Gasteiger partial charge on any atom is -0.462 e. The van der Waals surface area contributed by atoms with Crippen LogP contribution in [-0.2, 0) is 14.3 Å². The maximum absolute atomic E-state index is 13.3. The Morgan fingerprint density at radius 3 is 1.25 bits per heavy atom. The predicted molar refractivity (Wildman–Crippen MR) is 291 cm³/mol. The van der Waals surface area contributed by atoms with E-state index in [1.54, 1.807) is 0 Å². The quantitative estimate of drug-likeness (QED) is 0.0321. The molecule has 0 saturated heterocycles. The van der Waals surface area contributed by atoms with Gasteiger partial charge in [-0.3, -0.25) is 9.59 Å². The largest absolute Gasteiger partial charge is 0.462 e. The van der Waals surface area contributed by atoms with Crippen LogP contribution in [0.1, 0.15) is 278 Å². The Bertz CT molecular complexity index is 1230. The van der Waals surface area contributed by atoms with E-state index in [4.69, 9.17) is 4.74 Å². The lowest BCUT2D eigenvalue weighted by Gasteiger charge is -2.24. The third kappa shape index (κ3) is 49.5. The van der Waals surface area contributed by atoms with Gasteiger partial charge in [-0.1, -0.05) is 241 Å². The van der Waals surface area contributed by atoms with E-state index < -0.39 is 18.2 Å². The third-order valence-corrected chi connectivity index (χ3v) is 12.8. The Labute approximate surface area is 415 Å². The van der Waals surface area contributed by atoms with Gasteiger partial charge in [-0.2, -0.15) is 0 Å². The topological polar surface area (TPSA) is 95.9 Å². The first kappa shape index (κ1) is 64.3. The van der Waals surface area contributed by atoms with Gasteiger partial charge in [0, 0.05) is 6.42 Å². The van der Waals surface area contributed by atoms with E-state index in [1.165, 1.54) is 122 Å². The molecular formula is C61H109NO5. The summed E-state index contributed by atoms with van der Waals surface area (Å²) in [6, 6.07) is -0.716. The highest BCUT2D eigenvalue weighted by Gasteiger charge is 2.24. The second-order valence-electron chi connectivity index (χ2n) is 19.3. The average Bonchev–Trinajstić information content (AvgIpc) is 3.32. The van der Waals surface area contributed by atoms with E-state index in [0.29, 0.717) is 19.3 Å². The average molecular weight is 937 g/mol. The Kier molecular flexibility index (Phi) is 52.1. The Morgan fingerprint density at radius 1 is 0.448 bits per heavy atom. The van der Waals surface area contributed by atoms with Gasteiger partial charge in [0.1, 0.15) is 6.10 Å². The number of carbonyl (C=O) groups excluding carboxylic acids is 2. The van der Waals surface area contributed by atoms with Crippen LogP contribution in [0.25, 0.3) is 0 Å². The van der Waals surface area contributed by atoms with E-state index >= 15 is 0 Å².